The number of ether oxygens (including phenoxy) is 1. The smallest absolute Gasteiger partial charge is 0.137 e. The van der Waals surface area contributed by atoms with Crippen molar-refractivity contribution in [3.8, 4) is 5.75 Å². The van der Waals surface area contributed by atoms with Crippen LogP contribution in [0.15, 0.2) is 42.5 Å². The Bertz CT molecular complexity index is 577. The summed E-state index contributed by atoms with van der Waals surface area (Å²) in [5.74, 6) is 0.856. The van der Waals surface area contributed by atoms with Crippen LogP contribution in [0.1, 0.15) is 0 Å². The molecule has 1 fully saturated rings. The van der Waals surface area contributed by atoms with Crippen LogP contribution < -0.4 is 15.0 Å². The molecule has 1 heterocycles. The van der Waals surface area contributed by atoms with Crippen molar-refractivity contribution < 1.29 is 20.1 Å². The molecule has 0 bridgehead atoms. The highest BCUT2D eigenvalue weighted by atomic mass is 16.5. The fourth-order valence-electron chi connectivity index (χ4n) is 2.99. The van der Waals surface area contributed by atoms with E-state index < -0.39 is 6.10 Å². The lowest BCUT2D eigenvalue weighted by Crippen LogP contribution is -3.21. The molecule has 0 radical (unpaired) electrons. The normalized spacial score (nSPS) is 17.8. The quantitative estimate of drug-likeness (QED) is 0.664. The highest BCUT2D eigenvalue weighted by Gasteiger charge is 2.19. The highest BCUT2D eigenvalue weighted by molar-refractivity contribution is 5.88. The van der Waals surface area contributed by atoms with E-state index in [1.807, 2.05) is 24.3 Å². The summed E-state index contributed by atoms with van der Waals surface area (Å²) in [6, 6.07) is 14.2. The Labute approximate surface area is 125 Å². The van der Waals surface area contributed by atoms with Crippen molar-refractivity contribution in [1.82, 2.24) is 0 Å². The lowest BCUT2D eigenvalue weighted by atomic mass is 10.1. The van der Waals surface area contributed by atoms with E-state index in [1.165, 1.54) is 10.3 Å². The van der Waals surface area contributed by atoms with Gasteiger partial charge in [-0.2, -0.15) is 0 Å². The summed E-state index contributed by atoms with van der Waals surface area (Å²) in [5, 5.41) is 14.8. The summed E-state index contributed by atoms with van der Waals surface area (Å²) >= 11 is 0. The van der Waals surface area contributed by atoms with Crippen molar-refractivity contribution in [2.24, 2.45) is 0 Å². The van der Waals surface area contributed by atoms with E-state index in [0.717, 1.165) is 43.9 Å². The molecule has 0 amide bonds. The minimum Gasteiger partial charge on any atom is -0.490 e. The molecule has 112 valence electrons. The molecule has 0 saturated carbocycles. The zero-order valence-corrected chi connectivity index (χ0v) is 12.3. The monoisotopic (exact) mass is 288 g/mol. The number of nitrogens with two attached hydrogens (primary N) is 1. The third kappa shape index (κ3) is 3.73. The predicted molar refractivity (Wildman–Crippen MR) is 82.7 cm³/mol. The fourth-order valence-corrected chi connectivity index (χ4v) is 2.99. The number of quaternary nitrogens is 2. The Morgan fingerprint density at radius 1 is 1.10 bits per heavy atom. The molecule has 0 aromatic heterocycles. The van der Waals surface area contributed by atoms with E-state index >= 15 is 0 Å². The van der Waals surface area contributed by atoms with E-state index in [1.54, 1.807) is 0 Å². The predicted octanol–water partition coefficient (Wildman–Crippen LogP) is -0.959. The van der Waals surface area contributed by atoms with Crippen molar-refractivity contribution in [2.45, 2.75) is 6.10 Å². The van der Waals surface area contributed by atoms with Gasteiger partial charge in [0, 0.05) is 5.39 Å². The maximum Gasteiger partial charge on any atom is 0.137 e. The lowest BCUT2D eigenvalue weighted by Gasteiger charge is -2.24. The van der Waals surface area contributed by atoms with Crippen molar-refractivity contribution >= 4 is 10.8 Å². The average Bonchev–Trinajstić information content (AvgIpc) is 2.54. The molecule has 0 spiro atoms. The van der Waals surface area contributed by atoms with Crippen molar-refractivity contribution in [1.29, 1.82) is 0 Å². The Morgan fingerprint density at radius 2 is 1.86 bits per heavy atom. The second-order valence-corrected chi connectivity index (χ2v) is 5.76. The average molecular weight is 288 g/mol. The van der Waals surface area contributed by atoms with Crippen LogP contribution in [0, 0.1) is 0 Å². The molecule has 2 aromatic carbocycles. The van der Waals surface area contributed by atoms with Crippen LogP contribution in [0.3, 0.4) is 0 Å². The highest BCUT2D eigenvalue weighted by Crippen LogP contribution is 2.25. The van der Waals surface area contributed by atoms with Gasteiger partial charge in [0.2, 0.25) is 0 Å². The zero-order chi connectivity index (χ0) is 14.5. The van der Waals surface area contributed by atoms with Gasteiger partial charge in [-0.15, -0.1) is 0 Å². The van der Waals surface area contributed by atoms with Crippen LogP contribution in [-0.2, 0) is 0 Å². The first-order chi connectivity index (χ1) is 10.3. The van der Waals surface area contributed by atoms with Crippen molar-refractivity contribution in [2.75, 3.05) is 39.3 Å². The van der Waals surface area contributed by atoms with Gasteiger partial charge in [-0.05, 0) is 11.5 Å². The first-order valence-electron chi connectivity index (χ1n) is 7.77. The Morgan fingerprint density at radius 3 is 2.71 bits per heavy atom. The van der Waals surface area contributed by atoms with Gasteiger partial charge in [0.15, 0.2) is 0 Å². The van der Waals surface area contributed by atoms with Gasteiger partial charge in [-0.1, -0.05) is 36.4 Å². The summed E-state index contributed by atoms with van der Waals surface area (Å²) in [6.07, 6.45) is -0.405. The van der Waals surface area contributed by atoms with E-state index in [4.69, 9.17) is 4.74 Å². The maximum atomic E-state index is 10.2. The molecule has 2 aromatic rings. The minimum atomic E-state index is -0.405. The molecule has 1 unspecified atom stereocenters. The largest absolute Gasteiger partial charge is 0.490 e. The number of fused-ring (bicyclic) bond motifs is 1. The van der Waals surface area contributed by atoms with Gasteiger partial charge in [-0.3, -0.25) is 0 Å². The molecular weight excluding hydrogens is 264 g/mol. The Kier molecular flexibility index (Phi) is 4.70. The van der Waals surface area contributed by atoms with Gasteiger partial charge < -0.3 is 20.1 Å². The topological polar surface area (TPSA) is 50.5 Å². The van der Waals surface area contributed by atoms with E-state index in [2.05, 4.69) is 23.5 Å². The fraction of sp³-hybridized carbons (Fsp3) is 0.412. The molecule has 4 nitrogen and oxygen atoms in total. The third-order valence-corrected chi connectivity index (χ3v) is 4.11. The van der Waals surface area contributed by atoms with Gasteiger partial charge >= 0.3 is 0 Å². The van der Waals surface area contributed by atoms with E-state index in [-0.39, 0.29) is 0 Å². The van der Waals surface area contributed by atoms with E-state index in [9.17, 15) is 5.11 Å². The summed E-state index contributed by atoms with van der Waals surface area (Å²) < 4.78 is 5.85. The molecule has 1 aliphatic heterocycles. The van der Waals surface area contributed by atoms with E-state index in [0.29, 0.717) is 6.61 Å². The molecule has 21 heavy (non-hydrogen) atoms. The molecule has 4 heteroatoms. The number of hydrogen-bond donors (Lipinski definition) is 3. The first kappa shape index (κ1) is 14.3. The third-order valence-electron chi connectivity index (χ3n) is 4.11. The Balaban J connectivity index is 1.58. The van der Waals surface area contributed by atoms with Crippen LogP contribution in [0.2, 0.25) is 0 Å². The summed E-state index contributed by atoms with van der Waals surface area (Å²) in [5.41, 5.74) is 0. The molecule has 1 saturated heterocycles. The number of aliphatic hydroxyl groups excluding tert-OH is 1. The SMILES string of the molecule is OC(COc1cccc2ccccc12)C[NH+]1CC[NH2+]CC1. The van der Waals surface area contributed by atoms with Gasteiger partial charge in [0.05, 0.1) is 0 Å². The van der Waals surface area contributed by atoms with Gasteiger partial charge in [0.1, 0.15) is 51.2 Å². The number of benzene rings is 2. The molecule has 1 atom stereocenters. The summed E-state index contributed by atoms with van der Waals surface area (Å²) in [6.45, 7) is 5.72. The van der Waals surface area contributed by atoms with Crippen molar-refractivity contribution in [3.05, 3.63) is 42.5 Å². The van der Waals surface area contributed by atoms with Crippen LogP contribution in [0.4, 0.5) is 0 Å². The van der Waals surface area contributed by atoms with Crippen LogP contribution >= 0.6 is 0 Å². The molecule has 3 rings (SSSR count). The van der Waals surface area contributed by atoms with Crippen LogP contribution in [0.5, 0.6) is 5.75 Å². The molecule has 4 N–H and O–H groups in total. The molecule has 0 aliphatic carbocycles. The number of rotatable bonds is 5. The lowest BCUT2D eigenvalue weighted by molar-refractivity contribution is -0.949. The second-order valence-electron chi connectivity index (χ2n) is 5.76. The number of nitrogens with one attached hydrogen (secondary N) is 1. The minimum absolute atomic E-state index is 0.362. The number of piperazine rings is 1. The summed E-state index contributed by atoms with van der Waals surface area (Å²) in [4.78, 5) is 1.48. The summed E-state index contributed by atoms with van der Waals surface area (Å²) in [7, 11) is 0. The molecule has 1 aliphatic rings. The maximum absolute atomic E-state index is 10.2. The number of hydrogen-bond acceptors (Lipinski definition) is 2. The zero-order valence-electron chi connectivity index (χ0n) is 12.3. The van der Waals surface area contributed by atoms with Gasteiger partial charge in [0.25, 0.3) is 0 Å². The second kappa shape index (κ2) is 6.89. The number of aliphatic hydroxyl groups is 1. The molecular formula is C17H24N2O2+2. The van der Waals surface area contributed by atoms with Crippen molar-refractivity contribution in [3.63, 3.8) is 0 Å². The van der Waals surface area contributed by atoms with Crippen LogP contribution in [-0.4, -0.2) is 50.5 Å². The standard InChI is InChI=1S/C17H22N2O2/c20-15(12-19-10-8-18-9-11-19)13-21-17-7-3-5-14-4-1-2-6-16(14)17/h1-7,15,18,20H,8-13H2/p+2. The van der Waals surface area contributed by atoms with Crippen LogP contribution in [0.25, 0.3) is 10.8 Å². The Hall–Kier alpha value is -1.62. The first-order valence-corrected chi connectivity index (χ1v) is 7.77. The van der Waals surface area contributed by atoms with Gasteiger partial charge in [-0.25, -0.2) is 0 Å².